The summed E-state index contributed by atoms with van der Waals surface area (Å²) < 4.78 is 1.95. The number of nitrogen functional groups attached to an aromatic ring is 1. The van der Waals surface area contributed by atoms with Gasteiger partial charge in [-0.2, -0.15) is 0 Å². The molecule has 4 aromatic rings. The summed E-state index contributed by atoms with van der Waals surface area (Å²) in [6, 6.07) is 12.4. The van der Waals surface area contributed by atoms with E-state index in [1.54, 1.807) is 42.7 Å². The number of fused-ring (bicyclic) bond motifs is 1. The molecule has 2 aliphatic heterocycles. The Kier molecular flexibility index (Phi) is 7.24. The van der Waals surface area contributed by atoms with Crippen molar-refractivity contribution in [1.29, 1.82) is 0 Å². The largest absolute Gasteiger partial charge is 0.382 e. The number of benzene rings is 1. The molecule has 3 aromatic heterocycles. The highest BCUT2D eigenvalue weighted by molar-refractivity contribution is 6.04. The predicted octanol–water partition coefficient (Wildman–Crippen LogP) is 3.94. The summed E-state index contributed by atoms with van der Waals surface area (Å²) in [6.45, 7) is 3.68. The van der Waals surface area contributed by atoms with E-state index < -0.39 is 0 Å². The summed E-state index contributed by atoms with van der Waals surface area (Å²) in [5, 5.41) is 2.80. The minimum atomic E-state index is -0.250. The van der Waals surface area contributed by atoms with Crippen LogP contribution in [-0.4, -0.2) is 67.1 Å². The Morgan fingerprint density at radius 1 is 1.00 bits per heavy atom. The zero-order valence-corrected chi connectivity index (χ0v) is 22.2. The molecule has 2 fully saturated rings. The van der Waals surface area contributed by atoms with Crippen molar-refractivity contribution in [2.45, 2.75) is 31.7 Å². The van der Waals surface area contributed by atoms with Gasteiger partial charge in [-0.15, -0.1) is 0 Å². The molecule has 2 aliphatic rings. The van der Waals surface area contributed by atoms with E-state index >= 15 is 0 Å². The first-order valence-corrected chi connectivity index (χ1v) is 13.7. The molecule has 5 heterocycles. The highest BCUT2D eigenvalue weighted by Crippen LogP contribution is 2.36. The summed E-state index contributed by atoms with van der Waals surface area (Å²) in [5.74, 6) is 1.36. The zero-order chi connectivity index (χ0) is 27.5. The smallest absolute Gasteiger partial charge is 0.256 e. The van der Waals surface area contributed by atoms with Crippen molar-refractivity contribution in [3.8, 4) is 11.3 Å². The van der Waals surface area contributed by atoms with Gasteiger partial charge in [0.15, 0.2) is 0 Å². The second kappa shape index (κ2) is 11.3. The van der Waals surface area contributed by atoms with Gasteiger partial charge >= 0.3 is 0 Å². The van der Waals surface area contributed by atoms with Crippen molar-refractivity contribution in [2.75, 3.05) is 37.2 Å². The van der Waals surface area contributed by atoms with Gasteiger partial charge in [0.25, 0.3) is 5.91 Å². The number of rotatable bonds is 7. The van der Waals surface area contributed by atoms with Gasteiger partial charge in [0.2, 0.25) is 5.91 Å². The van der Waals surface area contributed by atoms with Crippen LogP contribution >= 0.6 is 0 Å². The fraction of sp³-hybridized carbons (Fsp3) is 0.300. The average Bonchev–Trinajstić information content (AvgIpc) is 3.74. The lowest BCUT2D eigenvalue weighted by Gasteiger charge is -2.22. The first-order valence-electron chi connectivity index (χ1n) is 13.7. The van der Waals surface area contributed by atoms with Crippen molar-refractivity contribution in [3.63, 3.8) is 0 Å². The molecule has 0 spiro atoms. The molecular weight excluding hydrogens is 504 g/mol. The lowest BCUT2D eigenvalue weighted by molar-refractivity contribution is -0.127. The number of hydrogen-bond donors (Lipinski definition) is 2. The molecule has 0 unspecified atom stereocenters. The second-order valence-electron chi connectivity index (χ2n) is 10.2. The topological polar surface area (TPSA) is 122 Å². The minimum absolute atomic E-state index is 0.00490. The van der Waals surface area contributed by atoms with Crippen LogP contribution in [0.4, 0.5) is 11.6 Å². The molecule has 204 valence electrons. The maximum absolute atomic E-state index is 13.2. The molecule has 0 bridgehead atoms. The maximum Gasteiger partial charge on any atom is 0.256 e. The third-order valence-corrected chi connectivity index (χ3v) is 7.59. The Bertz CT molecular complexity index is 1540. The SMILES string of the molecule is Nc1nccn2c([C@@H]3CCCN3C(=O)C=CCN3CCCC3)nc(-c3ccc(C(=O)Nc4ccccn4)cc3)c12. The molecule has 10 nitrogen and oxygen atoms in total. The number of imidazole rings is 1. The molecule has 0 aliphatic carbocycles. The third-order valence-electron chi connectivity index (χ3n) is 7.59. The Labute approximate surface area is 232 Å². The standard InChI is InChI=1S/C30H32N8O2/c31-28-27-26(21-10-12-22(13-11-21)30(40)34-24-8-1-2-14-32-24)35-29(38(27)20-15-33-28)23-7-5-19-37(23)25(39)9-6-18-36-16-3-4-17-36/h1-2,6,8-15,20,23H,3-5,7,16-19H2,(H2,31,33)(H,32,34,40)/t23-/m0/s1. The number of aromatic nitrogens is 4. The van der Waals surface area contributed by atoms with Crippen molar-refractivity contribution in [2.24, 2.45) is 0 Å². The summed E-state index contributed by atoms with van der Waals surface area (Å²) in [5.41, 5.74) is 9.01. The van der Waals surface area contributed by atoms with Gasteiger partial charge in [0, 0.05) is 48.9 Å². The van der Waals surface area contributed by atoms with Crippen molar-refractivity contribution in [3.05, 3.63) is 84.6 Å². The van der Waals surface area contributed by atoms with Gasteiger partial charge in [-0.1, -0.05) is 24.3 Å². The van der Waals surface area contributed by atoms with Gasteiger partial charge in [0.05, 0.1) is 6.04 Å². The first-order chi connectivity index (χ1) is 19.6. The van der Waals surface area contributed by atoms with E-state index in [-0.39, 0.29) is 17.9 Å². The normalized spacial score (nSPS) is 17.7. The highest BCUT2D eigenvalue weighted by Gasteiger charge is 2.33. The van der Waals surface area contributed by atoms with Crippen LogP contribution in [0.3, 0.4) is 0 Å². The molecular formula is C30H32N8O2. The van der Waals surface area contributed by atoms with Crippen LogP contribution in [0.25, 0.3) is 16.8 Å². The number of nitrogens with one attached hydrogen (secondary N) is 1. The number of likely N-dealkylation sites (tertiary alicyclic amines) is 2. The first kappa shape index (κ1) is 25.7. The molecule has 2 amide bonds. The van der Waals surface area contributed by atoms with E-state index in [9.17, 15) is 9.59 Å². The molecule has 1 atom stereocenters. The average molecular weight is 537 g/mol. The van der Waals surface area contributed by atoms with E-state index in [1.165, 1.54) is 12.8 Å². The third kappa shape index (κ3) is 5.17. The molecule has 0 saturated carbocycles. The molecule has 1 aromatic carbocycles. The van der Waals surface area contributed by atoms with E-state index in [0.29, 0.717) is 35.0 Å². The van der Waals surface area contributed by atoms with Gasteiger partial charge in [-0.25, -0.2) is 15.0 Å². The van der Waals surface area contributed by atoms with Crippen molar-refractivity contribution in [1.82, 2.24) is 29.2 Å². The summed E-state index contributed by atoms with van der Waals surface area (Å²) in [4.78, 5) is 43.7. The quantitative estimate of drug-likeness (QED) is 0.343. The van der Waals surface area contributed by atoms with Crippen molar-refractivity contribution >= 4 is 29.0 Å². The number of nitrogens with zero attached hydrogens (tertiary/aromatic N) is 6. The van der Waals surface area contributed by atoms with Crippen LogP contribution in [0.5, 0.6) is 0 Å². The number of hydrogen-bond acceptors (Lipinski definition) is 7. The number of pyridine rings is 1. The maximum atomic E-state index is 13.2. The van der Waals surface area contributed by atoms with Crippen LogP contribution in [-0.2, 0) is 4.79 Å². The molecule has 40 heavy (non-hydrogen) atoms. The van der Waals surface area contributed by atoms with Crippen LogP contribution in [0.1, 0.15) is 47.9 Å². The van der Waals surface area contributed by atoms with E-state index in [0.717, 1.165) is 43.9 Å². The van der Waals surface area contributed by atoms with Gasteiger partial charge in [0.1, 0.15) is 28.7 Å². The van der Waals surface area contributed by atoms with E-state index in [1.807, 2.05) is 39.8 Å². The van der Waals surface area contributed by atoms with Crippen LogP contribution < -0.4 is 11.1 Å². The minimum Gasteiger partial charge on any atom is -0.382 e. The fourth-order valence-electron chi connectivity index (χ4n) is 5.59. The summed E-state index contributed by atoms with van der Waals surface area (Å²) in [7, 11) is 0. The van der Waals surface area contributed by atoms with E-state index in [2.05, 4.69) is 20.2 Å². The lowest BCUT2D eigenvalue weighted by atomic mass is 10.1. The number of carbonyl (C=O) groups is 2. The van der Waals surface area contributed by atoms with Gasteiger partial charge < -0.3 is 16.0 Å². The van der Waals surface area contributed by atoms with E-state index in [4.69, 9.17) is 10.7 Å². The number of amides is 2. The van der Waals surface area contributed by atoms with Crippen LogP contribution in [0, 0.1) is 0 Å². The Balaban J connectivity index is 1.26. The Hall–Kier alpha value is -4.57. The Morgan fingerprint density at radius 2 is 1.82 bits per heavy atom. The molecule has 3 N–H and O–H groups in total. The lowest BCUT2D eigenvalue weighted by Crippen LogP contribution is -2.30. The fourth-order valence-corrected chi connectivity index (χ4v) is 5.59. The number of nitrogens with two attached hydrogens (primary N) is 1. The number of anilines is 2. The molecule has 2 saturated heterocycles. The summed E-state index contributed by atoms with van der Waals surface area (Å²) >= 11 is 0. The number of carbonyl (C=O) groups excluding carboxylic acids is 2. The van der Waals surface area contributed by atoms with Gasteiger partial charge in [-0.3, -0.25) is 18.9 Å². The molecule has 6 rings (SSSR count). The highest BCUT2D eigenvalue weighted by atomic mass is 16.2. The Morgan fingerprint density at radius 3 is 2.60 bits per heavy atom. The second-order valence-corrected chi connectivity index (χ2v) is 10.2. The van der Waals surface area contributed by atoms with Crippen LogP contribution in [0.15, 0.2) is 73.2 Å². The van der Waals surface area contributed by atoms with Crippen LogP contribution in [0.2, 0.25) is 0 Å². The molecule has 0 radical (unpaired) electrons. The van der Waals surface area contributed by atoms with Gasteiger partial charge in [-0.05, 0) is 63.0 Å². The predicted molar refractivity (Wildman–Crippen MR) is 154 cm³/mol. The summed E-state index contributed by atoms with van der Waals surface area (Å²) in [6.07, 6.45) is 13.0. The molecule has 10 heteroatoms. The van der Waals surface area contributed by atoms with Crippen molar-refractivity contribution < 1.29 is 9.59 Å². The zero-order valence-electron chi connectivity index (χ0n) is 22.2. The monoisotopic (exact) mass is 536 g/mol.